The number of carbonyl (C=O) groups is 1. The minimum absolute atomic E-state index is 0. The molecule has 0 unspecified atom stereocenters. The van der Waals surface area contributed by atoms with Crippen LogP contribution in [0.2, 0.25) is 18.6 Å². The second-order valence-electron chi connectivity index (χ2n) is 16.9. The Hall–Kier alpha value is -2.70. The number of rotatable bonds is 13. The van der Waals surface area contributed by atoms with E-state index in [1.807, 2.05) is 39.0 Å². The summed E-state index contributed by atoms with van der Waals surface area (Å²) in [4.78, 5) is 21.3. The van der Waals surface area contributed by atoms with Gasteiger partial charge in [0.25, 0.3) is 0 Å². The number of ketones is 1. The van der Waals surface area contributed by atoms with Crippen molar-refractivity contribution in [2.24, 2.45) is 23.7 Å². The van der Waals surface area contributed by atoms with Gasteiger partial charge < -0.3 is 5.11 Å². The van der Waals surface area contributed by atoms with Gasteiger partial charge in [0.1, 0.15) is 6.33 Å². The van der Waals surface area contributed by atoms with E-state index in [2.05, 4.69) is 110 Å². The number of thiophene rings is 1. The molecule has 2 heterocycles. The predicted octanol–water partition coefficient (Wildman–Crippen LogP) is 13.2. The predicted molar refractivity (Wildman–Crippen MR) is 230 cm³/mol. The first-order valence-corrected chi connectivity index (χ1v) is 23.4. The zero-order valence-corrected chi connectivity index (χ0v) is 38.5. The Kier molecular flexibility index (Phi) is 16.2. The number of fused-ring (bicyclic) bond motifs is 4. The molecule has 0 spiro atoms. The third-order valence-corrected chi connectivity index (χ3v) is 16.9. The second kappa shape index (κ2) is 19.2. The van der Waals surface area contributed by atoms with E-state index in [0.717, 1.165) is 47.2 Å². The Labute approximate surface area is 338 Å². The Morgan fingerprint density at radius 2 is 1.47 bits per heavy atom. The van der Waals surface area contributed by atoms with Gasteiger partial charge in [-0.25, -0.2) is 4.98 Å². The van der Waals surface area contributed by atoms with Crippen molar-refractivity contribution in [1.29, 1.82) is 0 Å². The Morgan fingerprint density at radius 3 is 2.04 bits per heavy atom. The van der Waals surface area contributed by atoms with Crippen LogP contribution in [0.1, 0.15) is 107 Å². The van der Waals surface area contributed by atoms with Crippen molar-refractivity contribution in [2.45, 2.75) is 126 Å². The van der Waals surface area contributed by atoms with Crippen LogP contribution in [0.5, 0.6) is 0 Å². The number of aliphatic hydroxyl groups excluding tert-OH is 1. The monoisotopic (exact) mass is 928 g/mol. The normalized spacial score (nSPS) is 12.6. The van der Waals surface area contributed by atoms with Crippen LogP contribution in [0.15, 0.2) is 66.7 Å². The van der Waals surface area contributed by atoms with Crippen LogP contribution < -0.4 is 5.19 Å². The molecule has 0 fully saturated rings. The van der Waals surface area contributed by atoms with E-state index in [9.17, 15) is 9.90 Å². The molecule has 4 nitrogen and oxygen atoms in total. The van der Waals surface area contributed by atoms with Crippen LogP contribution in [0.4, 0.5) is 0 Å². The average Bonchev–Trinajstić information content (AvgIpc) is 3.46. The minimum Gasteiger partial charge on any atom is -0.512 e. The second-order valence-corrected chi connectivity index (χ2v) is 22.4. The Bertz CT molecular complexity index is 1990. The van der Waals surface area contributed by atoms with E-state index in [1.165, 1.54) is 44.6 Å². The van der Waals surface area contributed by atoms with E-state index in [1.54, 1.807) is 11.5 Å². The molecule has 7 heteroatoms. The molecule has 1 N–H and O–H groups in total. The third-order valence-electron chi connectivity index (χ3n) is 10.6. The summed E-state index contributed by atoms with van der Waals surface area (Å²) >= 11 is 1.82. The molecule has 0 saturated carbocycles. The van der Waals surface area contributed by atoms with Crippen molar-refractivity contribution in [2.75, 3.05) is 0 Å². The van der Waals surface area contributed by atoms with E-state index in [-0.39, 0.29) is 48.9 Å². The van der Waals surface area contributed by atoms with Crippen LogP contribution in [-0.4, -0.2) is 28.9 Å². The number of carbonyl (C=O) groups excluding carboxylic acids is 1. The van der Waals surface area contributed by atoms with Crippen LogP contribution in [0.25, 0.3) is 42.3 Å². The molecule has 2 aromatic heterocycles. The van der Waals surface area contributed by atoms with Gasteiger partial charge in [-0.05, 0) is 54.6 Å². The fourth-order valence-corrected chi connectivity index (χ4v) is 14.7. The number of aliphatic hydroxyl groups is 1. The van der Waals surface area contributed by atoms with Crippen LogP contribution in [0.3, 0.4) is 0 Å². The van der Waals surface area contributed by atoms with E-state index in [0.29, 0.717) is 11.8 Å². The summed E-state index contributed by atoms with van der Waals surface area (Å²) in [5.74, 6) is 1.89. The fraction of sp³-hybridized carbons (Fsp3) is 0.500. The maximum atomic E-state index is 11.7. The summed E-state index contributed by atoms with van der Waals surface area (Å²) < 4.78 is 2.45. The standard InChI is InChI=1S/C33H39N2SSi.C13H24O2.Ir/c1-21(2)18-37(8,19-22(3)4)29-16-24(15-23-11-9-10-12-26(23)29)30-32-31(35-20-34-30)27-14-13-25(33(5,6)7)17-28(27)36-32;1-5-10(6-2)12(14)9-13(15)11(7-3)8-4;/h9-14,16-17,20-22H,18-19H2,1-8H3;9-11,14H,5-8H2,1-4H3;/q-1;;/b;12-9-;. The molecule has 53 heavy (non-hydrogen) atoms. The van der Waals surface area contributed by atoms with Gasteiger partial charge in [-0.15, -0.1) is 40.1 Å². The average molecular weight is 928 g/mol. The molecule has 0 aliphatic heterocycles. The number of allylic oxidation sites excluding steroid dienone is 2. The Morgan fingerprint density at radius 1 is 0.868 bits per heavy atom. The van der Waals surface area contributed by atoms with Crippen molar-refractivity contribution in [3.8, 4) is 11.3 Å². The van der Waals surface area contributed by atoms with Gasteiger partial charge >= 0.3 is 0 Å². The van der Waals surface area contributed by atoms with Crippen molar-refractivity contribution >= 4 is 61.5 Å². The van der Waals surface area contributed by atoms with Crippen molar-refractivity contribution in [1.82, 2.24) is 9.97 Å². The molecule has 0 aliphatic rings. The van der Waals surface area contributed by atoms with Gasteiger partial charge in [0.2, 0.25) is 0 Å². The molecule has 1 radical (unpaired) electrons. The van der Waals surface area contributed by atoms with E-state index in [4.69, 9.17) is 9.97 Å². The first-order valence-electron chi connectivity index (χ1n) is 19.6. The van der Waals surface area contributed by atoms with Gasteiger partial charge in [-0.1, -0.05) is 136 Å². The maximum Gasteiger partial charge on any atom is 0.162 e. The first-order chi connectivity index (χ1) is 24.6. The number of hydrogen-bond donors (Lipinski definition) is 1. The first kappa shape index (κ1) is 44.7. The quantitative estimate of drug-likeness (QED) is 0.0553. The molecular formula is C46H63IrN2O2SSi-. The number of nitrogens with zero attached hydrogens (tertiary/aromatic N) is 2. The van der Waals surface area contributed by atoms with E-state index < -0.39 is 8.07 Å². The van der Waals surface area contributed by atoms with Crippen molar-refractivity contribution in [3.63, 3.8) is 0 Å². The largest absolute Gasteiger partial charge is 0.512 e. The summed E-state index contributed by atoms with van der Waals surface area (Å²) in [5, 5.41) is 15.1. The molecule has 3 aromatic carbocycles. The smallest absolute Gasteiger partial charge is 0.162 e. The zero-order valence-electron chi connectivity index (χ0n) is 34.3. The minimum atomic E-state index is -1.77. The van der Waals surface area contributed by atoms with E-state index >= 15 is 0 Å². The molecule has 0 bridgehead atoms. The summed E-state index contributed by atoms with van der Waals surface area (Å²) in [5.41, 5.74) is 4.64. The molecule has 289 valence electrons. The summed E-state index contributed by atoms with van der Waals surface area (Å²) in [6.07, 6.45) is 6.65. The molecule has 5 aromatic rings. The number of hydrogen-bond acceptors (Lipinski definition) is 5. The molecule has 0 saturated heterocycles. The van der Waals surface area contributed by atoms with Crippen LogP contribution in [-0.2, 0) is 30.3 Å². The summed E-state index contributed by atoms with van der Waals surface area (Å²) in [6, 6.07) is 24.5. The molecule has 0 atom stereocenters. The topological polar surface area (TPSA) is 63.1 Å². The van der Waals surface area contributed by atoms with Gasteiger partial charge in [0, 0.05) is 58.5 Å². The van der Waals surface area contributed by atoms with Gasteiger partial charge in [0.15, 0.2) is 5.78 Å². The molecular weight excluding hydrogens is 865 g/mol. The third kappa shape index (κ3) is 10.7. The van der Waals surface area contributed by atoms with Gasteiger partial charge in [0.05, 0.1) is 19.3 Å². The van der Waals surface area contributed by atoms with Crippen molar-refractivity contribution in [3.05, 3.63) is 78.3 Å². The van der Waals surface area contributed by atoms with Crippen molar-refractivity contribution < 1.29 is 30.0 Å². The molecule has 0 amide bonds. The van der Waals surface area contributed by atoms with Crippen LogP contribution >= 0.6 is 11.3 Å². The Balaban J connectivity index is 0.000000403. The molecule has 0 aliphatic carbocycles. The number of benzene rings is 3. The van der Waals surface area contributed by atoms with Gasteiger partial charge in [-0.3, -0.25) is 9.78 Å². The summed E-state index contributed by atoms with van der Waals surface area (Å²) in [7, 11) is -1.77. The fourth-order valence-electron chi connectivity index (χ4n) is 7.97. The maximum absolute atomic E-state index is 11.7. The molecule has 5 rings (SSSR count). The van der Waals surface area contributed by atoms with Crippen LogP contribution in [0, 0.1) is 29.7 Å². The zero-order chi connectivity index (χ0) is 38.4. The SMILES string of the molecule is CC(C)C[Si](C)(CC(C)C)c1cc(-c2ncnc3c2sc2cc(C(C)(C)C)ccc23)[c-]c2ccccc12.CCC(CC)C(=O)/C=C(\O)C(CC)CC.[Ir]. The summed E-state index contributed by atoms with van der Waals surface area (Å²) in [6.45, 7) is 27.0. The number of aromatic nitrogens is 2. The van der Waals surface area contributed by atoms with Gasteiger partial charge in [-0.2, -0.15) is 0 Å².